The lowest BCUT2D eigenvalue weighted by Gasteiger charge is -2.03. The SMILES string of the molecule is Cc1c(C(N)=O)sc(Cl)c1-c1ccccc1F. The Labute approximate surface area is 107 Å². The Morgan fingerprint density at radius 2 is 2.06 bits per heavy atom. The van der Waals surface area contributed by atoms with Crippen molar-refractivity contribution in [3.63, 3.8) is 0 Å². The van der Waals surface area contributed by atoms with E-state index >= 15 is 0 Å². The Bertz CT molecular complexity index is 594. The Kier molecular flexibility index (Phi) is 3.17. The van der Waals surface area contributed by atoms with Crippen molar-refractivity contribution in [3.05, 3.63) is 44.9 Å². The summed E-state index contributed by atoms with van der Waals surface area (Å²) in [7, 11) is 0. The van der Waals surface area contributed by atoms with Crippen LogP contribution in [0.2, 0.25) is 4.34 Å². The summed E-state index contributed by atoms with van der Waals surface area (Å²) in [6.07, 6.45) is 0. The van der Waals surface area contributed by atoms with Crippen molar-refractivity contribution in [2.75, 3.05) is 0 Å². The molecule has 88 valence electrons. The monoisotopic (exact) mass is 269 g/mol. The van der Waals surface area contributed by atoms with E-state index in [1.54, 1.807) is 25.1 Å². The fourth-order valence-corrected chi connectivity index (χ4v) is 3.06. The van der Waals surface area contributed by atoms with E-state index in [0.29, 0.717) is 25.9 Å². The van der Waals surface area contributed by atoms with Crippen LogP contribution in [0.3, 0.4) is 0 Å². The summed E-state index contributed by atoms with van der Waals surface area (Å²) in [5.74, 6) is -0.914. The van der Waals surface area contributed by atoms with Crippen molar-refractivity contribution in [1.29, 1.82) is 0 Å². The molecule has 2 N–H and O–H groups in total. The van der Waals surface area contributed by atoms with Gasteiger partial charge in [0.25, 0.3) is 5.91 Å². The van der Waals surface area contributed by atoms with Crippen LogP contribution in [0.25, 0.3) is 11.1 Å². The molecule has 0 aliphatic rings. The van der Waals surface area contributed by atoms with E-state index in [2.05, 4.69) is 0 Å². The molecule has 0 aliphatic heterocycles. The average Bonchev–Trinajstić information content (AvgIpc) is 2.56. The van der Waals surface area contributed by atoms with Gasteiger partial charge in [-0.2, -0.15) is 0 Å². The highest BCUT2D eigenvalue weighted by Crippen LogP contribution is 2.40. The number of hydrogen-bond acceptors (Lipinski definition) is 2. The van der Waals surface area contributed by atoms with Crippen LogP contribution in [0.1, 0.15) is 15.2 Å². The second-order valence-corrected chi connectivity index (χ2v) is 5.17. The standard InChI is InChI=1S/C12H9ClFNOS/c1-6-9(7-4-2-3-5-8(7)14)11(13)17-10(6)12(15)16/h2-5H,1H3,(H2,15,16). The molecule has 0 spiro atoms. The van der Waals surface area contributed by atoms with Crippen LogP contribution in [-0.2, 0) is 0 Å². The number of primary amides is 1. The van der Waals surface area contributed by atoms with E-state index < -0.39 is 5.91 Å². The fourth-order valence-electron chi connectivity index (χ4n) is 1.69. The van der Waals surface area contributed by atoms with E-state index in [0.717, 1.165) is 11.3 Å². The minimum absolute atomic E-state index is 0.369. The van der Waals surface area contributed by atoms with Crippen molar-refractivity contribution in [3.8, 4) is 11.1 Å². The molecule has 1 amide bonds. The lowest BCUT2D eigenvalue weighted by Crippen LogP contribution is -2.10. The first-order valence-corrected chi connectivity index (χ1v) is 6.05. The first kappa shape index (κ1) is 12.1. The second kappa shape index (κ2) is 4.47. The molecular weight excluding hydrogens is 261 g/mol. The first-order chi connectivity index (χ1) is 8.02. The highest BCUT2D eigenvalue weighted by atomic mass is 35.5. The van der Waals surface area contributed by atoms with Gasteiger partial charge < -0.3 is 5.73 Å². The molecule has 0 saturated carbocycles. The summed E-state index contributed by atoms with van der Waals surface area (Å²) >= 11 is 7.12. The number of benzene rings is 1. The average molecular weight is 270 g/mol. The van der Waals surface area contributed by atoms with E-state index in [-0.39, 0.29) is 5.82 Å². The van der Waals surface area contributed by atoms with Gasteiger partial charge in [-0.15, -0.1) is 11.3 Å². The van der Waals surface area contributed by atoms with Gasteiger partial charge in [-0.25, -0.2) is 4.39 Å². The molecule has 17 heavy (non-hydrogen) atoms. The van der Waals surface area contributed by atoms with Crippen molar-refractivity contribution in [2.24, 2.45) is 5.73 Å². The third kappa shape index (κ3) is 2.06. The molecule has 2 aromatic rings. The normalized spacial score (nSPS) is 10.5. The molecule has 0 bridgehead atoms. The second-order valence-electron chi connectivity index (χ2n) is 3.55. The van der Waals surface area contributed by atoms with Gasteiger partial charge in [-0.3, -0.25) is 4.79 Å². The Hall–Kier alpha value is -1.39. The van der Waals surface area contributed by atoms with Crippen molar-refractivity contribution in [2.45, 2.75) is 6.92 Å². The third-order valence-electron chi connectivity index (χ3n) is 2.47. The maximum absolute atomic E-state index is 13.7. The summed E-state index contributed by atoms with van der Waals surface area (Å²) in [6, 6.07) is 6.30. The molecule has 0 unspecified atom stereocenters. The molecule has 2 rings (SSSR count). The molecular formula is C12H9ClFNOS. The molecule has 2 nitrogen and oxygen atoms in total. The quantitative estimate of drug-likeness (QED) is 0.889. The molecule has 1 heterocycles. The number of halogens is 2. The summed E-state index contributed by atoms with van der Waals surface area (Å²) < 4.78 is 14.1. The molecule has 0 radical (unpaired) electrons. The Morgan fingerprint density at radius 3 is 2.59 bits per heavy atom. The predicted octanol–water partition coefficient (Wildman–Crippen LogP) is 3.61. The van der Waals surface area contributed by atoms with Gasteiger partial charge in [0.2, 0.25) is 0 Å². The van der Waals surface area contributed by atoms with Gasteiger partial charge in [0, 0.05) is 11.1 Å². The van der Waals surface area contributed by atoms with Crippen LogP contribution in [-0.4, -0.2) is 5.91 Å². The van der Waals surface area contributed by atoms with Crippen LogP contribution in [0.4, 0.5) is 4.39 Å². The summed E-state index contributed by atoms with van der Waals surface area (Å²) in [4.78, 5) is 11.6. The van der Waals surface area contributed by atoms with E-state index in [1.165, 1.54) is 6.07 Å². The molecule has 0 aliphatic carbocycles. The minimum Gasteiger partial charge on any atom is -0.365 e. The van der Waals surface area contributed by atoms with E-state index in [1.807, 2.05) is 0 Å². The first-order valence-electron chi connectivity index (χ1n) is 4.86. The molecule has 0 atom stereocenters. The fraction of sp³-hybridized carbons (Fsp3) is 0.0833. The molecule has 1 aromatic heterocycles. The van der Waals surface area contributed by atoms with E-state index in [9.17, 15) is 9.18 Å². The lowest BCUT2D eigenvalue weighted by atomic mass is 10.0. The lowest BCUT2D eigenvalue weighted by molar-refractivity contribution is 0.100. The van der Waals surface area contributed by atoms with Crippen LogP contribution in [0, 0.1) is 12.7 Å². The summed E-state index contributed by atoms with van der Waals surface area (Å²) in [5, 5.41) is 0. The van der Waals surface area contributed by atoms with Crippen molar-refractivity contribution < 1.29 is 9.18 Å². The van der Waals surface area contributed by atoms with Crippen molar-refractivity contribution >= 4 is 28.8 Å². The number of amides is 1. The smallest absolute Gasteiger partial charge is 0.259 e. The molecule has 0 fully saturated rings. The number of rotatable bonds is 2. The van der Waals surface area contributed by atoms with Crippen LogP contribution < -0.4 is 5.73 Å². The zero-order valence-corrected chi connectivity index (χ0v) is 10.5. The number of hydrogen-bond donors (Lipinski definition) is 1. The van der Waals surface area contributed by atoms with Gasteiger partial charge in [0.1, 0.15) is 10.2 Å². The largest absolute Gasteiger partial charge is 0.365 e. The zero-order valence-electron chi connectivity index (χ0n) is 8.96. The number of carbonyl (C=O) groups is 1. The van der Waals surface area contributed by atoms with Crippen molar-refractivity contribution in [1.82, 2.24) is 0 Å². The van der Waals surface area contributed by atoms with E-state index in [4.69, 9.17) is 17.3 Å². The summed E-state index contributed by atoms with van der Waals surface area (Å²) in [5.41, 5.74) is 6.79. The van der Waals surface area contributed by atoms with Gasteiger partial charge in [0.05, 0.1) is 4.88 Å². The number of thiophene rings is 1. The topological polar surface area (TPSA) is 43.1 Å². The Balaban J connectivity index is 2.69. The zero-order chi connectivity index (χ0) is 12.6. The van der Waals surface area contributed by atoms with Gasteiger partial charge >= 0.3 is 0 Å². The third-order valence-corrected chi connectivity index (χ3v) is 3.99. The summed E-state index contributed by atoms with van der Waals surface area (Å²) in [6.45, 7) is 1.71. The maximum Gasteiger partial charge on any atom is 0.259 e. The van der Waals surface area contributed by atoms with Gasteiger partial charge in [-0.1, -0.05) is 29.8 Å². The number of carbonyl (C=O) groups excluding carboxylic acids is 1. The Morgan fingerprint density at radius 1 is 1.41 bits per heavy atom. The van der Waals surface area contributed by atoms with Crippen LogP contribution in [0.5, 0.6) is 0 Å². The predicted molar refractivity (Wildman–Crippen MR) is 68.0 cm³/mol. The minimum atomic E-state index is -0.544. The highest BCUT2D eigenvalue weighted by Gasteiger charge is 2.20. The van der Waals surface area contributed by atoms with Gasteiger partial charge in [0.15, 0.2) is 0 Å². The molecule has 1 aromatic carbocycles. The highest BCUT2D eigenvalue weighted by molar-refractivity contribution is 7.18. The number of nitrogens with two attached hydrogens (primary N) is 1. The van der Waals surface area contributed by atoms with Crippen LogP contribution in [0.15, 0.2) is 24.3 Å². The molecule has 5 heteroatoms. The van der Waals surface area contributed by atoms with Crippen LogP contribution >= 0.6 is 22.9 Å². The van der Waals surface area contributed by atoms with Gasteiger partial charge in [-0.05, 0) is 18.6 Å². The molecule has 0 saturated heterocycles. The maximum atomic E-state index is 13.7.